The van der Waals surface area contributed by atoms with Gasteiger partial charge in [0, 0.05) is 15.3 Å². The van der Waals surface area contributed by atoms with Gasteiger partial charge in [-0.2, -0.15) is 0 Å². The number of benzene rings is 1. The number of ether oxygens (including phenoxy) is 1. The number of thiophene rings is 1. The standard InChI is InChI=1S/C16H12O2S/c1-11-7-8-14(19-11)9-13-10-15(18-16(13)17)12-5-3-2-4-6-12/h2-10H,1H3/b13-9+. The summed E-state index contributed by atoms with van der Waals surface area (Å²) in [4.78, 5) is 14.1. The number of cyclic esters (lactones) is 1. The van der Waals surface area contributed by atoms with Crippen molar-refractivity contribution in [3.63, 3.8) is 0 Å². The quantitative estimate of drug-likeness (QED) is 0.607. The molecule has 1 aliphatic rings. The number of aryl methyl sites for hydroxylation is 1. The van der Waals surface area contributed by atoms with Crippen LogP contribution in [-0.2, 0) is 9.53 Å². The highest BCUT2D eigenvalue weighted by molar-refractivity contribution is 7.12. The van der Waals surface area contributed by atoms with Gasteiger partial charge in [-0.3, -0.25) is 0 Å². The van der Waals surface area contributed by atoms with Crippen molar-refractivity contribution >= 4 is 29.1 Å². The molecule has 1 aliphatic heterocycles. The van der Waals surface area contributed by atoms with E-state index in [4.69, 9.17) is 4.74 Å². The molecule has 0 atom stereocenters. The number of carbonyl (C=O) groups is 1. The Hall–Kier alpha value is -2.13. The summed E-state index contributed by atoms with van der Waals surface area (Å²) in [7, 11) is 0. The Morgan fingerprint density at radius 3 is 2.58 bits per heavy atom. The molecule has 0 fully saturated rings. The zero-order valence-electron chi connectivity index (χ0n) is 10.4. The van der Waals surface area contributed by atoms with E-state index in [1.807, 2.05) is 55.5 Å². The summed E-state index contributed by atoms with van der Waals surface area (Å²) in [6.45, 7) is 2.05. The Morgan fingerprint density at radius 1 is 1.11 bits per heavy atom. The van der Waals surface area contributed by atoms with Gasteiger partial charge in [0.25, 0.3) is 0 Å². The largest absolute Gasteiger partial charge is 0.422 e. The van der Waals surface area contributed by atoms with Crippen LogP contribution in [-0.4, -0.2) is 5.97 Å². The summed E-state index contributed by atoms with van der Waals surface area (Å²) < 4.78 is 5.30. The Balaban J connectivity index is 1.94. The van der Waals surface area contributed by atoms with Gasteiger partial charge in [-0.05, 0) is 31.2 Å². The molecule has 1 aromatic carbocycles. The molecule has 0 radical (unpaired) electrons. The third kappa shape index (κ3) is 2.51. The van der Waals surface area contributed by atoms with Crippen LogP contribution in [0.2, 0.25) is 0 Å². The summed E-state index contributed by atoms with van der Waals surface area (Å²) >= 11 is 1.66. The van der Waals surface area contributed by atoms with Crippen LogP contribution in [0.1, 0.15) is 15.3 Å². The van der Waals surface area contributed by atoms with E-state index in [-0.39, 0.29) is 5.97 Å². The summed E-state index contributed by atoms with van der Waals surface area (Å²) in [6, 6.07) is 13.7. The van der Waals surface area contributed by atoms with E-state index >= 15 is 0 Å². The molecular weight excluding hydrogens is 256 g/mol. The first-order valence-corrected chi connectivity index (χ1v) is 6.81. The zero-order valence-corrected chi connectivity index (χ0v) is 11.2. The minimum atomic E-state index is -0.287. The number of hydrogen-bond donors (Lipinski definition) is 0. The number of rotatable bonds is 2. The minimum Gasteiger partial charge on any atom is -0.422 e. The van der Waals surface area contributed by atoms with Gasteiger partial charge in [0.05, 0.1) is 5.57 Å². The average Bonchev–Trinajstić information content (AvgIpc) is 2.98. The number of esters is 1. The minimum absolute atomic E-state index is 0.287. The van der Waals surface area contributed by atoms with Gasteiger partial charge in [0.1, 0.15) is 5.76 Å². The second-order valence-electron chi connectivity index (χ2n) is 4.31. The van der Waals surface area contributed by atoms with Gasteiger partial charge in [-0.15, -0.1) is 11.3 Å². The Morgan fingerprint density at radius 2 is 1.89 bits per heavy atom. The second-order valence-corrected chi connectivity index (χ2v) is 5.63. The number of hydrogen-bond acceptors (Lipinski definition) is 3. The predicted octanol–water partition coefficient (Wildman–Crippen LogP) is 4.04. The molecule has 2 nitrogen and oxygen atoms in total. The first-order valence-electron chi connectivity index (χ1n) is 6.00. The second kappa shape index (κ2) is 4.86. The molecule has 2 heterocycles. The van der Waals surface area contributed by atoms with Crippen molar-refractivity contribution < 1.29 is 9.53 Å². The van der Waals surface area contributed by atoms with Gasteiger partial charge in [0.2, 0.25) is 0 Å². The summed E-state index contributed by atoms with van der Waals surface area (Å²) in [5.74, 6) is 0.329. The molecule has 3 heteroatoms. The monoisotopic (exact) mass is 268 g/mol. The smallest absolute Gasteiger partial charge is 0.343 e. The highest BCUT2D eigenvalue weighted by atomic mass is 32.1. The average molecular weight is 268 g/mol. The van der Waals surface area contributed by atoms with E-state index in [9.17, 15) is 4.79 Å². The molecule has 0 bridgehead atoms. The van der Waals surface area contributed by atoms with Gasteiger partial charge >= 0.3 is 5.97 Å². The predicted molar refractivity (Wildman–Crippen MR) is 77.5 cm³/mol. The molecular formula is C16H12O2S. The van der Waals surface area contributed by atoms with Crippen molar-refractivity contribution in [2.24, 2.45) is 0 Å². The van der Waals surface area contributed by atoms with E-state index in [1.165, 1.54) is 4.88 Å². The van der Waals surface area contributed by atoms with E-state index < -0.39 is 0 Å². The first kappa shape index (κ1) is 11.9. The maximum atomic E-state index is 11.8. The van der Waals surface area contributed by atoms with E-state index in [0.717, 1.165) is 10.4 Å². The van der Waals surface area contributed by atoms with E-state index in [2.05, 4.69) is 0 Å². The van der Waals surface area contributed by atoms with Gasteiger partial charge < -0.3 is 4.74 Å². The van der Waals surface area contributed by atoms with E-state index in [0.29, 0.717) is 11.3 Å². The molecule has 0 unspecified atom stereocenters. The Bertz CT molecular complexity index is 678. The fourth-order valence-corrected chi connectivity index (χ4v) is 2.75. The van der Waals surface area contributed by atoms with Crippen molar-refractivity contribution in [3.8, 4) is 0 Å². The molecule has 2 aromatic rings. The van der Waals surface area contributed by atoms with E-state index in [1.54, 1.807) is 17.4 Å². The fraction of sp³-hybridized carbons (Fsp3) is 0.0625. The van der Waals surface area contributed by atoms with Crippen LogP contribution < -0.4 is 0 Å². The summed E-state index contributed by atoms with van der Waals surface area (Å²) in [5, 5.41) is 0. The summed E-state index contributed by atoms with van der Waals surface area (Å²) in [5.41, 5.74) is 1.52. The van der Waals surface area contributed by atoms with Crippen molar-refractivity contribution in [2.45, 2.75) is 6.92 Å². The first-order chi connectivity index (χ1) is 9.22. The van der Waals surface area contributed by atoms with Crippen LogP contribution in [0.4, 0.5) is 0 Å². The van der Waals surface area contributed by atoms with Crippen molar-refractivity contribution in [2.75, 3.05) is 0 Å². The summed E-state index contributed by atoms with van der Waals surface area (Å²) in [6.07, 6.45) is 3.67. The lowest BCUT2D eigenvalue weighted by molar-refractivity contribution is -0.130. The van der Waals surface area contributed by atoms with Crippen LogP contribution >= 0.6 is 11.3 Å². The van der Waals surface area contributed by atoms with Crippen molar-refractivity contribution in [1.29, 1.82) is 0 Å². The SMILES string of the molecule is Cc1ccc(/C=C2\C=C(c3ccccc3)OC2=O)s1. The van der Waals surface area contributed by atoms with Crippen LogP contribution in [0.5, 0.6) is 0 Å². The molecule has 0 aliphatic carbocycles. The van der Waals surface area contributed by atoms with Crippen LogP contribution in [0, 0.1) is 6.92 Å². The highest BCUT2D eigenvalue weighted by Crippen LogP contribution is 2.28. The lowest BCUT2D eigenvalue weighted by Crippen LogP contribution is -1.96. The van der Waals surface area contributed by atoms with Crippen molar-refractivity contribution in [1.82, 2.24) is 0 Å². The maximum absolute atomic E-state index is 11.8. The molecule has 1 aromatic heterocycles. The molecule has 0 saturated carbocycles. The normalized spacial score (nSPS) is 16.6. The topological polar surface area (TPSA) is 26.3 Å². The number of carbonyl (C=O) groups excluding carboxylic acids is 1. The van der Waals surface area contributed by atoms with Gasteiger partial charge in [-0.1, -0.05) is 30.3 Å². The van der Waals surface area contributed by atoms with Gasteiger partial charge in [0.15, 0.2) is 0 Å². The molecule has 0 saturated heterocycles. The Kier molecular flexibility index (Phi) is 3.05. The maximum Gasteiger partial charge on any atom is 0.343 e. The molecule has 94 valence electrons. The van der Waals surface area contributed by atoms with Gasteiger partial charge in [-0.25, -0.2) is 4.79 Å². The van der Waals surface area contributed by atoms with Crippen LogP contribution in [0.15, 0.2) is 54.1 Å². The highest BCUT2D eigenvalue weighted by Gasteiger charge is 2.21. The lowest BCUT2D eigenvalue weighted by atomic mass is 10.1. The van der Waals surface area contributed by atoms with Crippen LogP contribution in [0.3, 0.4) is 0 Å². The molecule has 3 rings (SSSR count). The molecule has 19 heavy (non-hydrogen) atoms. The zero-order chi connectivity index (χ0) is 13.2. The van der Waals surface area contributed by atoms with Crippen molar-refractivity contribution in [3.05, 3.63) is 69.4 Å². The Labute approximate surface area is 115 Å². The lowest BCUT2D eigenvalue weighted by Gasteiger charge is -1.99. The third-order valence-electron chi connectivity index (χ3n) is 2.84. The fourth-order valence-electron chi connectivity index (χ4n) is 1.92. The van der Waals surface area contributed by atoms with Crippen LogP contribution in [0.25, 0.3) is 11.8 Å². The molecule has 0 N–H and O–H groups in total. The molecule has 0 amide bonds. The molecule has 0 spiro atoms. The third-order valence-corrected chi connectivity index (χ3v) is 3.79.